The summed E-state index contributed by atoms with van der Waals surface area (Å²) < 4.78 is 0.346. The van der Waals surface area contributed by atoms with Crippen LogP contribution in [0.5, 0.6) is 0 Å². The van der Waals surface area contributed by atoms with Gasteiger partial charge in [-0.15, -0.1) is 11.3 Å². The molecule has 0 spiro atoms. The number of aromatic nitrogens is 2. The molecule has 0 unspecified atom stereocenters. The SMILES string of the molecule is O=C(O)c1cc2nc(Cc3ccccc3)[nH]c(=O)c2s1. The first kappa shape index (κ1) is 12.6. The number of fused-ring (bicyclic) bond motifs is 1. The first-order valence-electron chi connectivity index (χ1n) is 5.93. The van der Waals surface area contributed by atoms with E-state index in [1.807, 2.05) is 30.3 Å². The van der Waals surface area contributed by atoms with E-state index in [1.54, 1.807) is 0 Å². The number of carboxylic acid groups (broad SMARTS) is 1. The van der Waals surface area contributed by atoms with Gasteiger partial charge in [0.2, 0.25) is 0 Å². The van der Waals surface area contributed by atoms with Crippen molar-refractivity contribution in [1.29, 1.82) is 0 Å². The van der Waals surface area contributed by atoms with Crippen LogP contribution in [0.4, 0.5) is 0 Å². The number of aromatic amines is 1. The quantitative estimate of drug-likeness (QED) is 0.773. The number of carbonyl (C=O) groups is 1. The van der Waals surface area contributed by atoms with Crippen molar-refractivity contribution < 1.29 is 9.90 Å². The van der Waals surface area contributed by atoms with Crippen molar-refractivity contribution in [2.24, 2.45) is 0 Å². The monoisotopic (exact) mass is 286 g/mol. The summed E-state index contributed by atoms with van der Waals surface area (Å²) in [6.45, 7) is 0. The Morgan fingerprint density at radius 1 is 1.30 bits per heavy atom. The van der Waals surface area contributed by atoms with Crippen molar-refractivity contribution in [2.75, 3.05) is 0 Å². The number of nitrogens with zero attached hydrogens (tertiary/aromatic N) is 1. The molecule has 100 valence electrons. The maximum absolute atomic E-state index is 11.9. The zero-order chi connectivity index (χ0) is 14.1. The van der Waals surface area contributed by atoms with Gasteiger partial charge in [0.05, 0.1) is 5.52 Å². The maximum Gasteiger partial charge on any atom is 0.345 e. The molecule has 5 nitrogen and oxygen atoms in total. The molecule has 0 aliphatic rings. The van der Waals surface area contributed by atoms with Crippen molar-refractivity contribution in [3.05, 3.63) is 63.0 Å². The number of thiophene rings is 1. The van der Waals surface area contributed by atoms with Crippen molar-refractivity contribution in [1.82, 2.24) is 9.97 Å². The van der Waals surface area contributed by atoms with Crippen molar-refractivity contribution in [2.45, 2.75) is 6.42 Å². The van der Waals surface area contributed by atoms with Crippen molar-refractivity contribution >= 4 is 27.5 Å². The highest BCUT2D eigenvalue weighted by Gasteiger charge is 2.13. The van der Waals surface area contributed by atoms with Crippen molar-refractivity contribution in [3.8, 4) is 0 Å². The normalized spacial score (nSPS) is 10.8. The molecular formula is C14H10N2O3S. The van der Waals surface area contributed by atoms with E-state index in [1.165, 1.54) is 6.07 Å². The highest BCUT2D eigenvalue weighted by Crippen LogP contribution is 2.21. The van der Waals surface area contributed by atoms with Crippen LogP contribution in [0.2, 0.25) is 0 Å². The Balaban J connectivity index is 2.05. The van der Waals surface area contributed by atoms with Crippen LogP contribution in [-0.2, 0) is 6.42 Å². The van der Waals surface area contributed by atoms with Gasteiger partial charge in [-0.25, -0.2) is 9.78 Å². The highest BCUT2D eigenvalue weighted by molar-refractivity contribution is 7.20. The number of H-pyrrole nitrogens is 1. The molecule has 1 aromatic carbocycles. The number of aromatic carboxylic acids is 1. The molecule has 3 rings (SSSR count). The van der Waals surface area contributed by atoms with Crippen LogP contribution >= 0.6 is 11.3 Å². The largest absolute Gasteiger partial charge is 0.477 e. The Hall–Kier alpha value is -2.47. The van der Waals surface area contributed by atoms with E-state index in [0.717, 1.165) is 16.9 Å². The van der Waals surface area contributed by atoms with Crippen LogP contribution in [0.25, 0.3) is 10.2 Å². The number of nitrogens with one attached hydrogen (secondary N) is 1. The van der Waals surface area contributed by atoms with E-state index >= 15 is 0 Å². The molecule has 0 amide bonds. The summed E-state index contributed by atoms with van der Waals surface area (Å²) in [5, 5.41) is 8.95. The van der Waals surface area contributed by atoms with Crippen LogP contribution < -0.4 is 5.56 Å². The van der Waals surface area contributed by atoms with Gasteiger partial charge in [-0.2, -0.15) is 0 Å². The minimum Gasteiger partial charge on any atom is -0.477 e. The molecule has 3 aromatic rings. The molecule has 0 atom stereocenters. The molecule has 0 aliphatic heterocycles. The Morgan fingerprint density at radius 2 is 2.05 bits per heavy atom. The molecule has 0 saturated carbocycles. The summed E-state index contributed by atoms with van der Waals surface area (Å²) in [5.74, 6) is -0.513. The van der Waals surface area contributed by atoms with Gasteiger partial charge in [0.25, 0.3) is 5.56 Å². The van der Waals surface area contributed by atoms with E-state index in [4.69, 9.17) is 5.11 Å². The third-order valence-electron chi connectivity index (χ3n) is 2.86. The Morgan fingerprint density at radius 3 is 2.75 bits per heavy atom. The van der Waals surface area contributed by atoms with Crippen LogP contribution in [0.15, 0.2) is 41.2 Å². The first-order chi connectivity index (χ1) is 9.63. The number of hydrogen-bond acceptors (Lipinski definition) is 4. The fourth-order valence-corrected chi connectivity index (χ4v) is 2.80. The molecule has 20 heavy (non-hydrogen) atoms. The van der Waals surface area contributed by atoms with E-state index in [-0.39, 0.29) is 10.4 Å². The van der Waals surface area contributed by atoms with Gasteiger partial charge >= 0.3 is 5.97 Å². The second kappa shape index (κ2) is 4.90. The third-order valence-corrected chi connectivity index (χ3v) is 3.97. The topological polar surface area (TPSA) is 83.0 Å². The van der Waals surface area contributed by atoms with E-state index < -0.39 is 5.97 Å². The summed E-state index contributed by atoms with van der Waals surface area (Å²) in [6.07, 6.45) is 0.504. The lowest BCUT2D eigenvalue weighted by Crippen LogP contribution is -2.10. The summed E-state index contributed by atoms with van der Waals surface area (Å²) in [5.41, 5.74) is 1.17. The molecule has 0 bridgehead atoms. The van der Waals surface area contributed by atoms with Gasteiger partial charge < -0.3 is 10.1 Å². The van der Waals surface area contributed by atoms with E-state index in [2.05, 4.69) is 9.97 Å². The molecule has 0 radical (unpaired) electrons. The number of hydrogen-bond donors (Lipinski definition) is 2. The minimum absolute atomic E-state index is 0.120. The number of carboxylic acids is 1. The average molecular weight is 286 g/mol. The molecular weight excluding hydrogens is 276 g/mol. The molecule has 0 saturated heterocycles. The van der Waals surface area contributed by atoms with Crippen LogP contribution in [-0.4, -0.2) is 21.0 Å². The molecule has 2 heterocycles. The van der Waals surface area contributed by atoms with Gasteiger partial charge in [-0.05, 0) is 11.6 Å². The third kappa shape index (κ3) is 2.33. The molecule has 0 aliphatic carbocycles. The summed E-state index contributed by atoms with van der Waals surface area (Å²) in [4.78, 5) is 30.0. The lowest BCUT2D eigenvalue weighted by Gasteiger charge is -2.00. The number of rotatable bonds is 3. The minimum atomic E-state index is -1.04. The van der Waals surface area contributed by atoms with Gasteiger partial charge in [0, 0.05) is 6.42 Å². The van der Waals surface area contributed by atoms with E-state index in [0.29, 0.717) is 22.5 Å². The summed E-state index contributed by atoms with van der Waals surface area (Å²) >= 11 is 0.941. The molecule has 0 fully saturated rings. The number of benzene rings is 1. The zero-order valence-corrected chi connectivity index (χ0v) is 11.1. The fourth-order valence-electron chi connectivity index (χ4n) is 1.97. The van der Waals surface area contributed by atoms with Crippen LogP contribution in [0.3, 0.4) is 0 Å². The summed E-state index contributed by atoms with van der Waals surface area (Å²) in [7, 11) is 0. The van der Waals surface area contributed by atoms with Gasteiger partial charge in [-0.3, -0.25) is 4.79 Å². The first-order valence-corrected chi connectivity index (χ1v) is 6.75. The van der Waals surface area contributed by atoms with Gasteiger partial charge in [-0.1, -0.05) is 30.3 Å². The Bertz CT molecular complexity index is 836. The Labute approximate surface area is 117 Å². The lowest BCUT2D eigenvalue weighted by atomic mass is 10.1. The summed E-state index contributed by atoms with van der Waals surface area (Å²) in [6, 6.07) is 11.1. The van der Waals surface area contributed by atoms with Crippen LogP contribution in [0.1, 0.15) is 21.1 Å². The molecule has 2 N–H and O–H groups in total. The van der Waals surface area contributed by atoms with E-state index in [9.17, 15) is 9.59 Å². The smallest absolute Gasteiger partial charge is 0.345 e. The maximum atomic E-state index is 11.9. The molecule has 6 heteroatoms. The molecule has 2 aromatic heterocycles. The second-order valence-electron chi connectivity index (χ2n) is 4.31. The van der Waals surface area contributed by atoms with Crippen LogP contribution in [0, 0.1) is 0 Å². The standard InChI is InChI=1S/C14H10N2O3S/c17-13-12-9(7-10(20-12)14(18)19)15-11(16-13)6-8-4-2-1-3-5-8/h1-5,7H,6H2,(H,18,19)(H,15,16,17). The Kier molecular flexibility index (Phi) is 3.08. The lowest BCUT2D eigenvalue weighted by molar-refractivity contribution is 0.0702. The predicted molar refractivity (Wildman–Crippen MR) is 76.4 cm³/mol. The highest BCUT2D eigenvalue weighted by atomic mass is 32.1. The fraction of sp³-hybridized carbons (Fsp3) is 0.0714. The predicted octanol–water partition coefficient (Wildman–Crippen LogP) is 2.27. The second-order valence-corrected chi connectivity index (χ2v) is 5.36. The van der Waals surface area contributed by atoms with Gasteiger partial charge in [0.15, 0.2) is 0 Å². The van der Waals surface area contributed by atoms with Crippen molar-refractivity contribution in [3.63, 3.8) is 0 Å². The van der Waals surface area contributed by atoms with Gasteiger partial charge in [0.1, 0.15) is 15.4 Å². The average Bonchev–Trinajstić information content (AvgIpc) is 2.84. The zero-order valence-electron chi connectivity index (χ0n) is 10.3.